The minimum atomic E-state index is -0.547. The van der Waals surface area contributed by atoms with Gasteiger partial charge in [0.05, 0.1) is 12.3 Å². The first-order valence-corrected chi connectivity index (χ1v) is 10.3. The maximum atomic E-state index is 12.3. The van der Waals surface area contributed by atoms with Gasteiger partial charge in [-0.05, 0) is 19.1 Å². The molecule has 2 heterocycles. The standard InChI is InChI=1S/C19H21Cl2N3O2S/c1-13(20)18(25)23(9-10-26-2)8-7-16-12-27-19-22-17(11-24(16)19)14-3-5-15(21)6-4-14/h3-6,11-13H,7-10H2,1-2H3. The summed E-state index contributed by atoms with van der Waals surface area (Å²) in [4.78, 5) is 19.7. The summed E-state index contributed by atoms with van der Waals surface area (Å²) >= 11 is 13.5. The number of hydrogen-bond donors (Lipinski definition) is 0. The number of thiazole rings is 1. The molecule has 0 saturated heterocycles. The molecule has 3 rings (SSSR count). The number of rotatable bonds is 8. The quantitative estimate of drug-likeness (QED) is 0.503. The maximum Gasteiger partial charge on any atom is 0.240 e. The fourth-order valence-corrected chi connectivity index (χ4v) is 3.97. The topological polar surface area (TPSA) is 46.8 Å². The maximum absolute atomic E-state index is 12.3. The number of carbonyl (C=O) groups is 1. The molecule has 2 aromatic heterocycles. The van der Waals surface area contributed by atoms with Crippen molar-refractivity contribution in [3.63, 3.8) is 0 Å². The van der Waals surface area contributed by atoms with Crippen LogP contribution in [0, 0.1) is 0 Å². The summed E-state index contributed by atoms with van der Waals surface area (Å²) in [6.45, 7) is 3.29. The van der Waals surface area contributed by atoms with E-state index < -0.39 is 5.38 Å². The summed E-state index contributed by atoms with van der Waals surface area (Å²) in [6.07, 6.45) is 2.74. The van der Waals surface area contributed by atoms with E-state index >= 15 is 0 Å². The number of carbonyl (C=O) groups excluding carboxylic acids is 1. The highest BCUT2D eigenvalue weighted by Crippen LogP contribution is 2.25. The zero-order valence-corrected chi connectivity index (χ0v) is 17.5. The number of hydrogen-bond acceptors (Lipinski definition) is 4. The minimum absolute atomic E-state index is 0.0762. The van der Waals surface area contributed by atoms with Gasteiger partial charge in [0.1, 0.15) is 5.38 Å². The van der Waals surface area contributed by atoms with Crippen LogP contribution < -0.4 is 0 Å². The average molecular weight is 426 g/mol. The van der Waals surface area contributed by atoms with Crippen LogP contribution in [-0.2, 0) is 16.0 Å². The molecule has 0 saturated carbocycles. The molecule has 0 aliphatic rings. The van der Waals surface area contributed by atoms with Gasteiger partial charge in [0, 0.05) is 54.5 Å². The molecule has 5 nitrogen and oxygen atoms in total. The zero-order chi connectivity index (χ0) is 19.4. The van der Waals surface area contributed by atoms with Gasteiger partial charge in [0.2, 0.25) is 5.91 Å². The van der Waals surface area contributed by atoms with E-state index in [0.717, 1.165) is 28.3 Å². The van der Waals surface area contributed by atoms with Crippen LogP contribution in [0.5, 0.6) is 0 Å². The Morgan fingerprint density at radius 1 is 1.33 bits per heavy atom. The molecule has 1 atom stereocenters. The lowest BCUT2D eigenvalue weighted by Crippen LogP contribution is -2.39. The minimum Gasteiger partial charge on any atom is -0.383 e. The first-order valence-electron chi connectivity index (χ1n) is 8.63. The van der Waals surface area contributed by atoms with E-state index in [-0.39, 0.29) is 5.91 Å². The number of ether oxygens (including phenoxy) is 1. The highest BCUT2D eigenvalue weighted by molar-refractivity contribution is 7.15. The molecule has 144 valence electrons. The van der Waals surface area contributed by atoms with Crippen molar-refractivity contribution in [2.45, 2.75) is 18.7 Å². The van der Waals surface area contributed by atoms with Crippen LogP contribution in [0.3, 0.4) is 0 Å². The monoisotopic (exact) mass is 425 g/mol. The molecule has 8 heteroatoms. The van der Waals surface area contributed by atoms with Crippen LogP contribution in [0.15, 0.2) is 35.8 Å². The van der Waals surface area contributed by atoms with Crippen LogP contribution >= 0.6 is 34.5 Å². The number of nitrogens with zero attached hydrogens (tertiary/aromatic N) is 3. The van der Waals surface area contributed by atoms with Crippen LogP contribution in [0.25, 0.3) is 16.2 Å². The fraction of sp³-hybridized carbons (Fsp3) is 0.368. The number of methoxy groups -OCH3 is 1. The van der Waals surface area contributed by atoms with Gasteiger partial charge in [-0.15, -0.1) is 22.9 Å². The van der Waals surface area contributed by atoms with Gasteiger partial charge in [-0.2, -0.15) is 0 Å². The lowest BCUT2D eigenvalue weighted by Gasteiger charge is -2.23. The van der Waals surface area contributed by atoms with E-state index in [1.54, 1.807) is 30.3 Å². The molecule has 0 radical (unpaired) electrons. The van der Waals surface area contributed by atoms with Crippen molar-refractivity contribution in [1.29, 1.82) is 0 Å². The molecule has 0 bridgehead atoms. The van der Waals surface area contributed by atoms with Gasteiger partial charge < -0.3 is 9.64 Å². The van der Waals surface area contributed by atoms with Crippen molar-refractivity contribution in [2.75, 3.05) is 26.8 Å². The number of halogens is 2. The van der Waals surface area contributed by atoms with E-state index in [1.165, 1.54) is 0 Å². The highest BCUT2D eigenvalue weighted by atomic mass is 35.5. The molecule has 1 aromatic carbocycles. The summed E-state index contributed by atoms with van der Waals surface area (Å²) in [6, 6.07) is 7.64. The number of imidazole rings is 1. The SMILES string of the molecule is COCCN(CCc1csc2nc(-c3ccc(Cl)cc3)cn12)C(=O)C(C)Cl. The Hall–Kier alpha value is -1.60. The number of aromatic nitrogens is 2. The van der Waals surface area contributed by atoms with Gasteiger partial charge in [-0.25, -0.2) is 4.98 Å². The number of benzene rings is 1. The van der Waals surface area contributed by atoms with Crippen LogP contribution in [0.1, 0.15) is 12.6 Å². The van der Waals surface area contributed by atoms with Gasteiger partial charge in [0.15, 0.2) is 4.96 Å². The average Bonchev–Trinajstić information content (AvgIpc) is 3.23. The van der Waals surface area contributed by atoms with E-state index in [0.29, 0.717) is 24.7 Å². The van der Waals surface area contributed by atoms with E-state index in [9.17, 15) is 4.79 Å². The van der Waals surface area contributed by atoms with Crippen molar-refractivity contribution < 1.29 is 9.53 Å². The normalized spacial score (nSPS) is 12.4. The Morgan fingerprint density at radius 3 is 2.74 bits per heavy atom. The van der Waals surface area contributed by atoms with Crippen molar-refractivity contribution >= 4 is 45.4 Å². The Labute approximate surface area is 172 Å². The van der Waals surface area contributed by atoms with Crippen molar-refractivity contribution in [3.8, 4) is 11.3 Å². The van der Waals surface area contributed by atoms with E-state index in [2.05, 4.69) is 9.78 Å². The fourth-order valence-electron chi connectivity index (χ4n) is 2.80. The number of alkyl halides is 1. The Bertz CT molecular complexity index is 905. The predicted molar refractivity (Wildman–Crippen MR) is 111 cm³/mol. The largest absolute Gasteiger partial charge is 0.383 e. The molecule has 1 amide bonds. The van der Waals surface area contributed by atoms with Gasteiger partial charge >= 0.3 is 0 Å². The van der Waals surface area contributed by atoms with Crippen molar-refractivity contribution in [2.24, 2.45) is 0 Å². The second-order valence-electron chi connectivity index (χ2n) is 6.20. The van der Waals surface area contributed by atoms with Crippen LogP contribution in [-0.4, -0.2) is 52.4 Å². The number of fused-ring (bicyclic) bond motifs is 1. The Morgan fingerprint density at radius 2 is 2.07 bits per heavy atom. The molecule has 3 aromatic rings. The molecule has 0 N–H and O–H groups in total. The molecular weight excluding hydrogens is 405 g/mol. The summed E-state index contributed by atoms with van der Waals surface area (Å²) in [5.74, 6) is -0.0762. The van der Waals surface area contributed by atoms with Gasteiger partial charge in [0.25, 0.3) is 0 Å². The first kappa shape index (κ1) is 20.1. The summed E-state index contributed by atoms with van der Waals surface area (Å²) in [5.41, 5.74) is 3.04. The van der Waals surface area contributed by atoms with E-state index in [4.69, 9.17) is 32.9 Å². The second kappa shape index (κ2) is 9.06. The third-order valence-electron chi connectivity index (χ3n) is 4.28. The summed E-state index contributed by atoms with van der Waals surface area (Å²) in [5, 5.41) is 2.24. The predicted octanol–water partition coefficient (Wildman–Crippen LogP) is 4.36. The third-order valence-corrected chi connectivity index (χ3v) is 5.61. The number of amides is 1. The molecule has 0 spiro atoms. The Kier molecular flexibility index (Phi) is 6.76. The molecular formula is C19H21Cl2N3O2S. The van der Waals surface area contributed by atoms with E-state index in [1.807, 2.05) is 30.5 Å². The smallest absolute Gasteiger partial charge is 0.240 e. The second-order valence-corrected chi connectivity index (χ2v) is 8.12. The molecule has 1 unspecified atom stereocenters. The zero-order valence-electron chi connectivity index (χ0n) is 15.2. The summed E-state index contributed by atoms with van der Waals surface area (Å²) in [7, 11) is 1.62. The van der Waals surface area contributed by atoms with Crippen LogP contribution in [0.2, 0.25) is 5.02 Å². The van der Waals surface area contributed by atoms with Crippen molar-refractivity contribution in [3.05, 3.63) is 46.6 Å². The van der Waals surface area contributed by atoms with Gasteiger partial charge in [-0.1, -0.05) is 23.7 Å². The molecule has 0 fully saturated rings. The molecule has 0 aliphatic heterocycles. The molecule has 27 heavy (non-hydrogen) atoms. The Balaban J connectivity index is 1.76. The van der Waals surface area contributed by atoms with Gasteiger partial charge in [-0.3, -0.25) is 9.20 Å². The summed E-state index contributed by atoms with van der Waals surface area (Å²) < 4.78 is 7.19. The third kappa shape index (κ3) is 4.82. The van der Waals surface area contributed by atoms with Crippen LogP contribution in [0.4, 0.5) is 0 Å². The molecule has 0 aliphatic carbocycles. The lowest BCUT2D eigenvalue weighted by atomic mass is 10.2. The lowest BCUT2D eigenvalue weighted by molar-refractivity contribution is -0.131. The highest BCUT2D eigenvalue weighted by Gasteiger charge is 2.19. The van der Waals surface area contributed by atoms with Crippen molar-refractivity contribution in [1.82, 2.24) is 14.3 Å². The first-order chi connectivity index (χ1) is 13.0.